The van der Waals surface area contributed by atoms with Crippen LogP contribution in [0.4, 0.5) is 0 Å². The summed E-state index contributed by atoms with van der Waals surface area (Å²) in [6, 6.07) is 0. The molecule has 0 spiro atoms. The van der Waals surface area contributed by atoms with Crippen molar-refractivity contribution in [3.63, 3.8) is 0 Å². The first kappa shape index (κ1) is 25.2. The molecule has 0 saturated carbocycles. The van der Waals surface area contributed by atoms with Gasteiger partial charge in [-0.2, -0.15) is 0 Å². The molecule has 0 atom stereocenters. The molecule has 1 aliphatic carbocycles. The Labute approximate surface area is 179 Å². The zero-order valence-electron chi connectivity index (χ0n) is 19.1. The van der Waals surface area contributed by atoms with Gasteiger partial charge in [-0.05, 0) is 62.2 Å². The highest BCUT2D eigenvalue weighted by atomic mass is 16.5. The van der Waals surface area contributed by atoms with E-state index in [-0.39, 0.29) is 5.97 Å². The highest BCUT2D eigenvalue weighted by Gasteiger charge is 2.07. The van der Waals surface area contributed by atoms with Gasteiger partial charge in [0.15, 0.2) is 0 Å². The first-order valence-electron chi connectivity index (χ1n) is 11.8. The van der Waals surface area contributed by atoms with E-state index in [1.54, 1.807) is 6.08 Å². The number of rotatable bonds is 14. The van der Waals surface area contributed by atoms with Crippen molar-refractivity contribution in [2.75, 3.05) is 6.61 Å². The van der Waals surface area contributed by atoms with Gasteiger partial charge in [0, 0.05) is 6.08 Å². The van der Waals surface area contributed by atoms with Crippen LogP contribution >= 0.6 is 0 Å². The second-order valence-corrected chi connectivity index (χ2v) is 7.84. The summed E-state index contributed by atoms with van der Waals surface area (Å²) < 4.78 is 5.10. The number of ether oxygens (including phenoxy) is 1. The molecule has 2 nitrogen and oxygen atoms in total. The lowest BCUT2D eigenvalue weighted by molar-refractivity contribution is -0.137. The Kier molecular flexibility index (Phi) is 14.8. The topological polar surface area (TPSA) is 26.3 Å². The molecule has 162 valence electrons. The maximum Gasteiger partial charge on any atom is 0.331 e. The summed E-state index contributed by atoms with van der Waals surface area (Å²) in [5.74, 6) is -0.239. The Balaban J connectivity index is 2.76. The molecular weight excluding hydrogens is 356 g/mol. The monoisotopic (exact) mass is 398 g/mol. The van der Waals surface area contributed by atoms with Gasteiger partial charge < -0.3 is 4.74 Å². The number of allylic oxidation sites excluding steroid dienone is 9. The third-order valence-corrected chi connectivity index (χ3v) is 5.09. The van der Waals surface area contributed by atoms with Crippen molar-refractivity contribution in [2.24, 2.45) is 0 Å². The average molecular weight is 399 g/mol. The van der Waals surface area contributed by atoms with Crippen molar-refractivity contribution in [3.05, 3.63) is 59.3 Å². The third-order valence-electron chi connectivity index (χ3n) is 5.09. The smallest absolute Gasteiger partial charge is 0.331 e. The van der Waals surface area contributed by atoms with Gasteiger partial charge in [0.25, 0.3) is 0 Å². The highest BCUT2D eigenvalue weighted by Crippen LogP contribution is 2.24. The number of hydrogen-bond acceptors (Lipinski definition) is 2. The van der Waals surface area contributed by atoms with Crippen molar-refractivity contribution in [1.82, 2.24) is 0 Å². The van der Waals surface area contributed by atoms with E-state index < -0.39 is 0 Å². The Morgan fingerprint density at radius 3 is 2.14 bits per heavy atom. The predicted octanol–water partition coefficient (Wildman–Crippen LogP) is 8.18. The molecule has 1 rings (SSSR count). The van der Waals surface area contributed by atoms with Crippen LogP contribution in [0.1, 0.15) is 97.8 Å². The fraction of sp³-hybridized carbons (Fsp3) is 0.593. The van der Waals surface area contributed by atoms with Crippen LogP contribution in [0.15, 0.2) is 59.3 Å². The molecule has 0 aromatic heterocycles. The van der Waals surface area contributed by atoms with E-state index in [1.165, 1.54) is 62.5 Å². The molecule has 1 aliphatic rings. The maximum absolute atomic E-state index is 11.9. The molecule has 0 unspecified atom stereocenters. The summed E-state index contributed by atoms with van der Waals surface area (Å²) in [6.07, 6.45) is 29.6. The fourth-order valence-electron chi connectivity index (χ4n) is 3.41. The van der Waals surface area contributed by atoms with Crippen LogP contribution in [0.5, 0.6) is 0 Å². The molecule has 29 heavy (non-hydrogen) atoms. The van der Waals surface area contributed by atoms with Gasteiger partial charge in [0.1, 0.15) is 0 Å². The molecule has 0 aliphatic heterocycles. The summed E-state index contributed by atoms with van der Waals surface area (Å²) in [6.45, 7) is 6.75. The molecule has 0 saturated heterocycles. The Bertz CT molecular complexity index is 602. The Morgan fingerprint density at radius 2 is 1.52 bits per heavy atom. The molecule has 0 N–H and O–H groups in total. The van der Waals surface area contributed by atoms with Crippen molar-refractivity contribution >= 4 is 5.97 Å². The summed E-state index contributed by atoms with van der Waals surface area (Å²) in [4.78, 5) is 11.9. The second-order valence-electron chi connectivity index (χ2n) is 7.84. The second kappa shape index (κ2) is 17.1. The fourth-order valence-corrected chi connectivity index (χ4v) is 3.41. The molecular formula is C27H42O2. The molecule has 0 bridgehead atoms. The zero-order valence-corrected chi connectivity index (χ0v) is 19.1. The quantitative estimate of drug-likeness (QED) is 0.167. The van der Waals surface area contributed by atoms with Crippen molar-refractivity contribution in [2.45, 2.75) is 97.8 Å². The normalized spacial score (nSPS) is 16.3. The lowest BCUT2D eigenvalue weighted by atomic mass is 10.1. The van der Waals surface area contributed by atoms with E-state index in [2.05, 4.69) is 50.3 Å². The lowest BCUT2D eigenvalue weighted by Gasteiger charge is -2.02. The number of esters is 1. The molecule has 0 heterocycles. The molecule has 2 heteroatoms. The number of hydrogen-bond donors (Lipinski definition) is 0. The Morgan fingerprint density at radius 1 is 0.862 bits per heavy atom. The van der Waals surface area contributed by atoms with Gasteiger partial charge in [0.2, 0.25) is 0 Å². The minimum absolute atomic E-state index is 0.239. The van der Waals surface area contributed by atoms with E-state index in [1.807, 2.05) is 6.92 Å². The summed E-state index contributed by atoms with van der Waals surface area (Å²) in [5, 5.41) is 0. The van der Waals surface area contributed by atoms with Crippen molar-refractivity contribution in [3.8, 4) is 0 Å². The minimum Gasteiger partial charge on any atom is -0.463 e. The van der Waals surface area contributed by atoms with Crippen LogP contribution in [0, 0.1) is 0 Å². The van der Waals surface area contributed by atoms with Crippen LogP contribution in [-0.4, -0.2) is 12.6 Å². The predicted molar refractivity (Wildman–Crippen MR) is 126 cm³/mol. The van der Waals surface area contributed by atoms with Gasteiger partial charge in [0.05, 0.1) is 6.61 Å². The summed E-state index contributed by atoms with van der Waals surface area (Å²) in [7, 11) is 0. The van der Waals surface area contributed by atoms with Gasteiger partial charge >= 0.3 is 5.97 Å². The van der Waals surface area contributed by atoms with E-state index >= 15 is 0 Å². The zero-order chi connectivity index (χ0) is 21.2. The van der Waals surface area contributed by atoms with Crippen LogP contribution in [0.2, 0.25) is 0 Å². The SMILES string of the molecule is CCCCCC/C=C/C1=CC(=C/C(=O)OCC)/CCC(/C=C/CCCCCC)=C1. The van der Waals surface area contributed by atoms with Crippen molar-refractivity contribution < 1.29 is 9.53 Å². The highest BCUT2D eigenvalue weighted by molar-refractivity contribution is 5.83. The van der Waals surface area contributed by atoms with E-state index in [0.29, 0.717) is 6.61 Å². The molecule has 0 fully saturated rings. The average Bonchev–Trinajstić information content (AvgIpc) is 2.89. The van der Waals surface area contributed by atoms with Crippen LogP contribution < -0.4 is 0 Å². The lowest BCUT2D eigenvalue weighted by Crippen LogP contribution is -2.00. The molecule has 0 aromatic rings. The van der Waals surface area contributed by atoms with E-state index in [9.17, 15) is 4.79 Å². The summed E-state index contributed by atoms with van der Waals surface area (Å²) in [5.41, 5.74) is 3.57. The van der Waals surface area contributed by atoms with Gasteiger partial charge in [-0.25, -0.2) is 4.79 Å². The van der Waals surface area contributed by atoms with Crippen molar-refractivity contribution in [1.29, 1.82) is 0 Å². The number of carbonyl (C=O) groups excluding carboxylic acids is 1. The molecule has 0 amide bonds. The molecule has 0 aromatic carbocycles. The minimum atomic E-state index is -0.239. The van der Waals surface area contributed by atoms with Gasteiger partial charge in [-0.1, -0.05) is 88.8 Å². The summed E-state index contributed by atoms with van der Waals surface area (Å²) >= 11 is 0. The van der Waals surface area contributed by atoms with Gasteiger partial charge in [-0.3, -0.25) is 0 Å². The number of unbranched alkanes of at least 4 members (excludes halogenated alkanes) is 8. The Hall–Kier alpha value is -1.83. The van der Waals surface area contributed by atoms with Crippen LogP contribution in [0.3, 0.4) is 0 Å². The standard InChI is InChI=1S/C27H42O2/c1-4-7-9-11-13-15-17-24-19-20-26(23-27(28)29-6-3)22-25(21-24)18-16-14-12-10-8-5-2/h15-18,21-23H,4-14,19-20H2,1-3H3/b17-15+,18-16+,26-23+. The maximum atomic E-state index is 11.9. The molecule has 0 radical (unpaired) electrons. The first-order valence-corrected chi connectivity index (χ1v) is 11.8. The van der Waals surface area contributed by atoms with Crippen LogP contribution in [-0.2, 0) is 9.53 Å². The van der Waals surface area contributed by atoms with E-state index in [0.717, 1.165) is 31.3 Å². The van der Waals surface area contributed by atoms with E-state index in [4.69, 9.17) is 4.74 Å². The first-order chi connectivity index (χ1) is 14.2. The largest absolute Gasteiger partial charge is 0.463 e. The van der Waals surface area contributed by atoms with Gasteiger partial charge in [-0.15, -0.1) is 0 Å². The number of carbonyl (C=O) groups is 1. The van der Waals surface area contributed by atoms with Crippen LogP contribution in [0.25, 0.3) is 0 Å². The third kappa shape index (κ3) is 13.1.